The number of hydrogen-bond acceptors (Lipinski definition) is 7. The molecule has 1 rings (SSSR count). The molecule has 1 fully saturated rings. The Kier molecular flexibility index (Phi) is 9.05. The van der Waals surface area contributed by atoms with Gasteiger partial charge < -0.3 is 25.4 Å². The van der Waals surface area contributed by atoms with Gasteiger partial charge in [0.2, 0.25) is 11.8 Å². The van der Waals surface area contributed by atoms with E-state index in [1.54, 1.807) is 55.4 Å². The first-order valence-corrected chi connectivity index (χ1v) is 10.8. The summed E-state index contributed by atoms with van der Waals surface area (Å²) in [6, 6.07) is -2.70. The maximum Gasteiger partial charge on any atom is 0.329 e. The number of likely N-dealkylation sites (tertiary alicyclic amines) is 1. The minimum atomic E-state index is -1.15. The average molecular weight is 442 g/mol. The molecule has 9 nitrogen and oxygen atoms in total. The number of nitrogens with one attached hydrogen (secondary N) is 1. The molecule has 1 aliphatic heterocycles. The molecule has 0 unspecified atom stereocenters. The number of esters is 2. The van der Waals surface area contributed by atoms with Crippen LogP contribution in [-0.2, 0) is 28.7 Å². The Morgan fingerprint density at radius 3 is 2.06 bits per heavy atom. The molecule has 0 aromatic heterocycles. The summed E-state index contributed by atoms with van der Waals surface area (Å²) in [7, 11) is 0. The van der Waals surface area contributed by atoms with Crippen molar-refractivity contribution in [3.63, 3.8) is 0 Å². The monoisotopic (exact) mass is 441 g/mol. The summed E-state index contributed by atoms with van der Waals surface area (Å²) in [5.74, 6) is -2.27. The van der Waals surface area contributed by atoms with Gasteiger partial charge >= 0.3 is 11.9 Å². The Morgan fingerprint density at radius 2 is 1.58 bits per heavy atom. The second-order valence-electron chi connectivity index (χ2n) is 10.4. The molecule has 9 heteroatoms. The van der Waals surface area contributed by atoms with Gasteiger partial charge in [-0.05, 0) is 60.3 Å². The highest BCUT2D eigenvalue weighted by Crippen LogP contribution is 2.23. The summed E-state index contributed by atoms with van der Waals surface area (Å²) in [6.07, 6.45) is 0.885. The van der Waals surface area contributed by atoms with Crippen LogP contribution in [0.2, 0.25) is 0 Å². The normalized spacial score (nSPS) is 19.0. The fourth-order valence-electron chi connectivity index (χ4n) is 3.25. The van der Waals surface area contributed by atoms with E-state index in [4.69, 9.17) is 15.2 Å². The summed E-state index contributed by atoms with van der Waals surface area (Å²) in [6.45, 7) is 14.5. The molecule has 3 N–H and O–H groups in total. The molecule has 0 spiro atoms. The molecule has 0 radical (unpaired) electrons. The average Bonchev–Trinajstić information content (AvgIpc) is 3.04. The lowest BCUT2D eigenvalue weighted by molar-refractivity contribution is -0.164. The molecule has 0 aromatic rings. The first-order chi connectivity index (χ1) is 14.0. The molecular weight excluding hydrogens is 402 g/mol. The fourth-order valence-corrected chi connectivity index (χ4v) is 3.25. The Morgan fingerprint density at radius 1 is 1.03 bits per heavy atom. The van der Waals surface area contributed by atoms with Crippen molar-refractivity contribution in [2.75, 3.05) is 6.54 Å². The van der Waals surface area contributed by atoms with E-state index in [1.165, 1.54) is 4.90 Å². The van der Waals surface area contributed by atoms with E-state index in [9.17, 15) is 19.2 Å². The number of nitrogens with two attached hydrogens (primary N) is 1. The van der Waals surface area contributed by atoms with E-state index >= 15 is 0 Å². The van der Waals surface area contributed by atoms with E-state index < -0.39 is 47.2 Å². The molecule has 0 bridgehead atoms. The van der Waals surface area contributed by atoms with Crippen LogP contribution in [0.3, 0.4) is 0 Å². The van der Waals surface area contributed by atoms with E-state index in [0.29, 0.717) is 19.4 Å². The molecule has 2 amide bonds. The summed E-state index contributed by atoms with van der Waals surface area (Å²) >= 11 is 0. The van der Waals surface area contributed by atoms with Gasteiger partial charge in [0.05, 0.1) is 12.5 Å². The summed E-state index contributed by atoms with van der Waals surface area (Å²) in [5, 5.41) is 2.65. The minimum absolute atomic E-state index is 0.245. The van der Waals surface area contributed by atoms with Crippen molar-refractivity contribution in [2.24, 2.45) is 11.7 Å². The van der Waals surface area contributed by atoms with Crippen LogP contribution in [0.5, 0.6) is 0 Å². The lowest BCUT2D eigenvalue weighted by atomic mass is 10.0. The molecule has 1 aliphatic rings. The van der Waals surface area contributed by atoms with Crippen LogP contribution >= 0.6 is 0 Å². The van der Waals surface area contributed by atoms with Crippen LogP contribution < -0.4 is 11.1 Å². The molecule has 0 aliphatic carbocycles. The molecule has 0 aromatic carbocycles. The van der Waals surface area contributed by atoms with Gasteiger partial charge in [-0.15, -0.1) is 0 Å². The molecular formula is C22H39N3O6. The lowest BCUT2D eigenvalue weighted by Gasteiger charge is -2.32. The molecule has 1 heterocycles. The number of nitrogens with zero attached hydrogens (tertiary/aromatic N) is 1. The van der Waals surface area contributed by atoms with Crippen molar-refractivity contribution in [3.8, 4) is 0 Å². The number of rotatable bonds is 7. The lowest BCUT2D eigenvalue weighted by Crippen LogP contribution is -2.57. The third-order valence-electron chi connectivity index (χ3n) is 4.59. The molecule has 31 heavy (non-hydrogen) atoms. The Balaban J connectivity index is 2.84. The van der Waals surface area contributed by atoms with Crippen molar-refractivity contribution >= 4 is 23.8 Å². The standard InChI is InChI=1S/C22H39N3O6/c1-13(2)17(24-18(27)14(23)12-16(26)30-21(3,4)5)19(28)25-11-9-10-15(25)20(29)31-22(6,7)8/h13-15,17H,9-12,23H2,1-8H3,(H,24,27)/t14-,15-,17-/m0/s1. The molecule has 3 atom stereocenters. The van der Waals surface area contributed by atoms with Crippen molar-refractivity contribution in [1.82, 2.24) is 10.2 Å². The predicted molar refractivity (Wildman–Crippen MR) is 116 cm³/mol. The summed E-state index contributed by atoms with van der Waals surface area (Å²) < 4.78 is 10.6. The SMILES string of the molecule is CC(C)[C@H](NC(=O)[C@@H](N)CC(=O)OC(C)(C)C)C(=O)N1CCC[C@H]1C(=O)OC(C)(C)C. The van der Waals surface area contributed by atoms with Gasteiger partial charge in [-0.2, -0.15) is 0 Å². The maximum atomic E-state index is 13.2. The quantitative estimate of drug-likeness (QED) is 0.573. The van der Waals surface area contributed by atoms with Gasteiger partial charge in [0.25, 0.3) is 0 Å². The first kappa shape index (κ1) is 26.9. The molecule has 1 saturated heterocycles. The Bertz CT molecular complexity index is 678. The van der Waals surface area contributed by atoms with Crippen LogP contribution in [0.15, 0.2) is 0 Å². The third kappa shape index (κ3) is 8.85. The van der Waals surface area contributed by atoms with Gasteiger partial charge in [-0.3, -0.25) is 14.4 Å². The maximum absolute atomic E-state index is 13.2. The van der Waals surface area contributed by atoms with Crippen molar-refractivity contribution in [3.05, 3.63) is 0 Å². The highest BCUT2D eigenvalue weighted by Gasteiger charge is 2.40. The van der Waals surface area contributed by atoms with Crippen molar-refractivity contribution in [1.29, 1.82) is 0 Å². The van der Waals surface area contributed by atoms with Crippen molar-refractivity contribution < 1.29 is 28.7 Å². The zero-order valence-corrected chi connectivity index (χ0v) is 20.1. The highest BCUT2D eigenvalue weighted by atomic mass is 16.6. The smallest absolute Gasteiger partial charge is 0.329 e. The summed E-state index contributed by atoms with van der Waals surface area (Å²) in [5.41, 5.74) is 4.53. The van der Waals surface area contributed by atoms with Crippen LogP contribution in [0.1, 0.15) is 74.7 Å². The van der Waals surface area contributed by atoms with E-state index in [2.05, 4.69) is 5.32 Å². The topological polar surface area (TPSA) is 128 Å². The first-order valence-electron chi connectivity index (χ1n) is 10.8. The zero-order valence-electron chi connectivity index (χ0n) is 20.1. The number of amides is 2. The zero-order chi connectivity index (χ0) is 24.1. The van der Waals surface area contributed by atoms with Crippen LogP contribution in [0.4, 0.5) is 0 Å². The highest BCUT2D eigenvalue weighted by molar-refractivity contribution is 5.93. The van der Waals surface area contributed by atoms with Gasteiger partial charge in [-0.1, -0.05) is 13.8 Å². The van der Waals surface area contributed by atoms with Crippen LogP contribution in [0.25, 0.3) is 0 Å². The van der Waals surface area contributed by atoms with Crippen LogP contribution in [0, 0.1) is 5.92 Å². The van der Waals surface area contributed by atoms with Gasteiger partial charge in [0.15, 0.2) is 0 Å². The van der Waals surface area contributed by atoms with Crippen molar-refractivity contribution in [2.45, 2.75) is 104 Å². The van der Waals surface area contributed by atoms with E-state index in [1.807, 2.05) is 0 Å². The number of carbonyl (C=O) groups excluding carboxylic acids is 4. The summed E-state index contributed by atoms with van der Waals surface area (Å²) in [4.78, 5) is 51.8. The van der Waals surface area contributed by atoms with Gasteiger partial charge in [0.1, 0.15) is 23.3 Å². The second-order valence-corrected chi connectivity index (χ2v) is 10.4. The molecule has 178 valence electrons. The van der Waals surface area contributed by atoms with Gasteiger partial charge in [-0.25, -0.2) is 4.79 Å². The predicted octanol–water partition coefficient (Wildman–Crippen LogP) is 1.52. The number of hydrogen-bond donors (Lipinski definition) is 2. The minimum Gasteiger partial charge on any atom is -0.460 e. The largest absolute Gasteiger partial charge is 0.460 e. The Labute approximate surface area is 185 Å². The third-order valence-corrected chi connectivity index (χ3v) is 4.59. The number of ether oxygens (including phenoxy) is 2. The van der Waals surface area contributed by atoms with E-state index in [-0.39, 0.29) is 18.2 Å². The number of carbonyl (C=O) groups is 4. The Hall–Kier alpha value is -2.16. The fraction of sp³-hybridized carbons (Fsp3) is 0.818. The van der Waals surface area contributed by atoms with Gasteiger partial charge in [0, 0.05) is 6.54 Å². The van der Waals surface area contributed by atoms with Crippen LogP contribution in [-0.4, -0.2) is 64.5 Å². The molecule has 0 saturated carbocycles. The van der Waals surface area contributed by atoms with E-state index in [0.717, 1.165) is 0 Å². The second kappa shape index (κ2) is 10.4.